The topological polar surface area (TPSA) is 80.0 Å². The summed E-state index contributed by atoms with van der Waals surface area (Å²) in [6.07, 6.45) is 1.66. The Labute approximate surface area is 119 Å². The first-order valence-electron chi connectivity index (χ1n) is 6.15. The molecule has 0 saturated heterocycles. The van der Waals surface area contributed by atoms with E-state index < -0.39 is 6.04 Å². The molecular formula is C13H20N4OS. The Bertz CT molecular complexity index is 488. The third kappa shape index (κ3) is 4.17. The Morgan fingerprint density at radius 2 is 2.05 bits per heavy atom. The predicted molar refractivity (Wildman–Crippen MR) is 81.2 cm³/mol. The summed E-state index contributed by atoms with van der Waals surface area (Å²) >= 11 is 5.02. The highest BCUT2D eigenvalue weighted by Crippen LogP contribution is 2.17. The van der Waals surface area contributed by atoms with Gasteiger partial charge in [-0.15, -0.1) is 0 Å². The average molecular weight is 280 g/mol. The molecule has 5 nitrogen and oxygen atoms in total. The monoisotopic (exact) mass is 280 g/mol. The van der Waals surface area contributed by atoms with Crippen LogP contribution >= 0.6 is 12.2 Å². The van der Waals surface area contributed by atoms with Gasteiger partial charge in [0.05, 0.1) is 5.56 Å². The van der Waals surface area contributed by atoms with Crippen molar-refractivity contribution in [3.05, 3.63) is 23.4 Å². The lowest BCUT2D eigenvalue weighted by molar-refractivity contribution is -0.122. The zero-order valence-corrected chi connectivity index (χ0v) is 12.5. The van der Waals surface area contributed by atoms with Crippen molar-refractivity contribution in [2.45, 2.75) is 39.8 Å². The highest BCUT2D eigenvalue weighted by atomic mass is 32.1. The van der Waals surface area contributed by atoms with Crippen LogP contribution in [0.5, 0.6) is 0 Å². The first-order valence-corrected chi connectivity index (χ1v) is 6.56. The number of nitrogens with two attached hydrogens (primary N) is 1. The molecule has 0 bridgehead atoms. The van der Waals surface area contributed by atoms with Crippen molar-refractivity contribution in [3.8, 4) is 0 Å². The lowest BCUT2D eigenvalue weighted by Crippen LogP contribution is -2.41. The number of carbonyl (C=O) groups excluding carboxylic acids is 1. The molecule has 0 radical (unpaired) electrons. The number of amides is 1. The molecule has 104 valence electrons. The van der Waals surface area contributed by atoms with Gasteiger partial charge >= 0.3 is 0 Å². The van der Waals surface area contributed by atoms with E-state index in [9.17, 15) is 4.79 Å². The minimum absolute atomic E-state index is 0.0906. The second-order valence-electron chi connectivity index (χ2n) is 4.75. The molecule has 19 heavy (non-hydrogen) atoms. The number of nitrogens with one attached hydrogen (secondary N) is 2. The van der Waals surface area contributed by atoms with E-state index in [2.05, 4.69) is 15.6 Å². The van der Waals surface area contributed by atoms with E-state index in [-0.39, 0.29) is 16.9 Å². The maximum Gasteiger partial charge on any atom is 0.242 e. The standard InChI is InChI=1S/C13H20N4OS/c1-7(2)16-13(18)9(4)17-12-10(11(14)19)8(3)5-6-15-12/h5-7,9H,1-4H3,(H2,14,19)(H,15,17)(H,16,18). The van der Waals surface area contributed by atoms with Gasteiger partial charge in [-0.05, 0) is 39.3 Å². The molecule has 1 atom stereocenters. The van der Waals surface area contributed by atoms with Crippen LogP contribution in [0.15, 0.2) is 12.3 Å². The molecule has 0 aliphatic carbocycles. The second kappa shape index (κ2) is 6.47. The first-order chi connectivity index (χ1) is 8.82. The number of carbonyl (C=O) groups is 1. The van der Waals surface area contributed by atoms with Crippen LogP contribution in [0.3, 0.4) is 0 Å². The third-order valence-corrected chi connectivity index (χ3v) is 2.79. The average Bonchev–Trinajstić information content (AvgIpc) is 2.27. The molecule has 1 amide bonds. The van der Waals surface area contributed by atoms with Gasteiger partial charge in [0.25, 0.3) is 0 Å². The van der Waals surface area contributed by atoms with Crippen molar-refractivity contribution in [2.24, 2.45) is 5.73 Å². The molecule has 6 heteroatoms. The zero-order chi connectivity index (χ0) is 14.6. The van der Waals surface area contributed by atoms with E-state index in [1.165, 1.54) is 0 Å². The fraction of sp³-hybridized carbons (Fsp3) is 0.462. The number of hydrogen-bond donors (Lipinski definition) is 3. The SMILES string of the molecule is Cc1ccnc(NC(C)C(=O)NC(C)C)c1C(N)=S. The largest absolute Gasteiger partial charge is 0.389 e. The fourth-order valence-corrected chi connectivity index (χ4v) is 1.92. The normalized spacial score (nSPS) is 12.1. The smallest absolute Gasteiger partial charge is 0.242 e. The molecular weight excluding hydrogens is 260 g/mol. The van der Waals surface area contributed by atoms with Crippen LogP contribution in [0.25, 0.3) is 0 Å². The van der Waals surface area contributed by atoms with Crippen molar-refractivity contribution < 1.29 is 4.79 Å². The molecule has 0 aromatic carbocycles. The maximum absolute atomic E-state index is 11.9. The van der Waals surface area contributed by atoms with E-state index >= 15 is 0 Å². The van der Waals surface area contributed by atoms with Crippen LogP contribution in [0.2, 0.25) is 0 Å². The Morgan fingerprint density at radius 3 is 2.58 bits per heavy atom. The van der Waals surface area contributed by atoms with Crippen molar-refractivity contribution in [1.29, 1.82) is 0 Å². The van der Waals surface area contributed by atoms with E-state index in [0.29, 0.717) is 11.4 Å². The number of hydrogen-bond acceptors (Lipinski definition) is 4. The van der Waals surface area contributed by atoms with Gasteiger partial charge in [-0.3, -0.25) is 4.79 Å². The molecule has 1 aromatic heterocycles. The van der Waals surface area contributed by atoms with Crippen LogP contribution < -0.4 is 16.4 Å². The number of nitrogens with zero attached hydrogens (tertiary/aromatic N) is 1. The summed E-state index contributed by atoms with van der Waals surface area (Å²) in [5.74, 6) is 0.450. The summed E-state index contributed by atoms with van der Waals surface area (Å²) < 4.78 is 0. The second-order valence-corrected chi connectivity index (χ2v) is 5.18. The highest BCUT2D eigenvalue weighted by Gasteiger charge is 2.17. The van der Waals surface area contributed by atoms with Crippen molar-refractivity contribution in [1.82, 2.24) is 10.3 Å². The van der Waals surface area contributed by atoms with Gasteiger partial charge in [-0.25, -0.2) is 4.98 Å². The van der Waals surface area contributed by atoms with Gasteiger partial charge in [0.15, 0.2) is 0 Å². The number of thiocarbonyl (C=S) groups is 1. The van der Waals surface area contributed by atoms with Gasteiger partial charge in [-0.2, -0.15) is 0 Å². The van der Waals surface area contributed by atoms with Crippen LogP contribution in [0.1, 0.15) is 31.9 Å². The van der Waals surface area contributed by atoms with E-state index in [1.807, 2.05) is 26.8 Å². The molecule has 0 spiro atoms. The molecule has 1 rings (SSSR count). The third-order valence-electron chi connectivity index (χ3n) is 2.58. The molecule has 1 heterocycles. The van der Waals surface area contributed by atoms with Gasteiger partial charge in [0.2, 0.25) is 5.91 Å². The Morgan fingerprint density at radius 1 is 1.42 bits per heavy atom. The highest BCUT2D eigenvalue weighted by molar-refractivity contribution is 7.80. The number of aryl methyl sites for hydroxylation is 1. The maximum atomic E-state index is 11.9. The van der Waals surface area contributed by atoms with Crippen LogP contribution in [0.4, 0.5) is 5.82 Å². The minimum atomic E-state index is -0.412. The summed E-state index contributed by atoms with van der Waals surface area (Å²) in [5.41, 5.74) is 7.31. The Hall–Kier alpha value is -1.69. The van der Waals surface area contributed by atoms with Crippen LogP contribution in [-0.4, -0.2) is 28.0 Å². The molecule has 0 fully saturated rings. The molecule has 0 aliphatic rings. The van der Waals surface area contributed by atoms with Crippen molar-refractivity contribution >= 4 is 28.9 Å². The molecule has 4 N–H and O–H groups in total. The van der Waals surface area contributed by atoms with Gasteiger partial charge in [0, 0.05) is 12.2 Å². The fourth-order valence-electron chi connectivity index (χ4n) is 1.66. The summed E-state index contributed by atoms with van der Waals surface area (Å²) in [7, 11) is 0. The van der Waals surface area contributed by atoms with Crippen molar-refractivity contribution in [3.63, 3.8) is 0 Å². The molecule has 1 aromatic rings. The van der Waals surface area contributed by atoms with E-state index in [4.69, 9.17) is 18.0 Å². The van der Waals surface area contributed by atoms with Gasteiger partial charge < -0.3 is 16.4 Å². The number of rotatable bonds is 5. The predicted octanol–water partition coefficient (Wildman–Crippen LogP) is 1.35. The summed E-state index contributed by atoms with van der Waals surface area (Å²) in [4.78, 5) is 16.3. The van der Waals surface area contributed by atoms with Crippen LogP contribution in [0, 0.1) is 6.92 Å². The zero-order valence-electron chi connectivity index (χ0n) is 11.7. The number of anilines is 1. The van der Waals surface area contributed by atoms with Crippen molar-refractivity contribution in [2.75, 3.05) is 5.32 Å². The minimum Gasteiger partial charge on any atom is -0.389 e. The van der Waals surface area contributed by atoms with Gasteiger partial charge in [-0.1, -0.05) is 12.2 Å². The Kier molecular flexibility index (Phi) is 5.23. The summed E-state index contributed by atoms with van der Waals surface area (Å²) in [5, 5.41) is 5.88. The Balaban J connectivity index is 2.91. The lowest BCUT2D eigenvalue weighted by atomic mass is 10.1. The van der Waals surface area contributed by atoms with E-state index in [1.54, 1.807) is 13.1 Å². The molecule has 0 aliphatic heterocycles. The first kappa shape index (κ1) is 15.4. The molecule has 1 unspecified atom stereocenters. The lowest BCUT2D eigenvalue weighted by Gasteiger charge is -2.18. The quantitative estimate of drug-likeness (QED) is 0.709. The number of pyridine rings is 1. The summed E-state index contributed by atoms with van der Waals surface area (Å²) in [6, 6.07) is 1.51. The van der Waals surface area contributed by atoms with E-state index in [0.717, 1.165) is 5.56 Å². The van der Waals surface area contributed by atoms with Crippen LogP contribution in [-0.2, 0) is 4.79 Å². The molecule has 0 saturated carbocycles. The summed E-state index contributed by atoms with van der Waals surface area (Å²) in [6.45, 7) is 7.50. The van der Waals surface area contributed by atoms with Gasteiger partial charge in [0.1, 0.15) is 16.8 Å². The number of aromatic nitrogens is 1.